The zero-order chi connectivity index (χ0) is 5.86. The summed E-state index contributed by atoms with van der Waals surface area (Å²) >= 11 is 3.40. The van der Waals surface area contributed by atoms with Crippen molar-refractivity contribution in [2.45, 2.75) is 6.17 Å². The zero-order valence-electron chi connectivity index (χ0n) is 3.47. The van der Waals surface area contributed by atoms with Crippen LogP contribution in [0.4, 0.5) is 4.39 Å². The molecule has 42 valence electrons. The van der Waals surface area contributed by atoms with Crippen molar-refractivity contribution in [2.24, 2.45) is 0 Å². The van der Waals surface area contributed by atoms with Gasteiger partial charge in [0.15, 0.2) is 0 Å². The number of carboxylic acid groups (broad SMARTS) is 1. The van der Waals surface area contributed by atoms with Gasteiger partial charge in [0.25, 0.3) is 0 Å². The molecule has 0 saturated heterocycles. The fraction of sp³-hybridized carbons (Fsp3) is 0.667. The Labute approximate surface area is 45.7 Å². The van der Waals surface area contributed by atoms with Crippen LogP contribution in [-0.4, -0.2) is 23.0 Å². The van der Waals surface area contributed by atoms with Crippen LogP contribution in [0.15, 0.2) is 0 Å². The van der Waals surface area contributed by atoms with Gasteiger partial charge in [-0.1, -0.05) is 0 Å². The standard InChI is InChI=1S/C3H5FO2S/c4-2(1-7)3(5)6/h2,7H,1H2,(H,5,6). The average molecular weight is 124 g/mol. The minimum atomic E-state index is -1.82. The smallest absolute Gasteiger partial charge is 0.339 e. The average Bonchev–Trinajstić information content (AvgIpc) is 1.65. The summed E-state index contributed by atoms with van der Waals surface area (Å²) in [4.78, 5) is 9.51. The van der Waals surface area contributed by atoms with Crippen molar-refractivity contribution in [3.8, 4) is 0 Å². The van der Waals surface area contributed by atoms with Crippen LogP contribution in [0.25, 0.3) is 0 Å². The first-order valence-corrected chi connectivity index (χ1v) is 2.29. The molecule has 0 aliphatic carbocycles. The number of halogens is 1. The summed E-state index contributed by atoms with van der Waals surface area (Å²) in [6, 6.07) is 0. The maximum Gasteiger partial charge on any atom is 0.339 e. The summed E-state index contributed by atoms with van der Waals surface area (Å²) < 4.78 is 11.6. The van der Waals surface area contributed by atoms with Crippen LogP contribution in [0.2, 0.25) is 0 Å². The van der Waals surface area contributed by atoms with E-state index in [1.54, 1.807) is 0 Å². The van der Waals surface area contributed by atoms with E-state index in [0.29, 0.717) is 0 Å². The molecule has 0 aromatic carbocycles. The van der Waals surface area contributed by atoms with E-state index in [0.717, 1.165) is 0 Å². The third-order valence-electron chi connectivity index (χ3n) is 0.428. The highest BCUT2D eigenvalue weighted by Gasteiger charge is 2.11. The van der Waals surface area contributed by atoms with E-state index in [1.807, 2.05) is 0 Å². The maximum atomic E-state index is 11.6. The molecule has 0 rings (SSSR count). The molecule has 1 unspecified atom stereocenters. The number of thiol groups is 1. The highest BCUT2D eigenvalue weighted by atomic mass is 32.1. The van der Waals surface area contributed by atoms with Crippen molar-refractivity contribution in [1.82, 2.24) is 0 Å². The lowest BCUT2D eigenvalue weighted by atomic mass is 10.5. The van der Waals surface area contributed by atoms with Crippen molar-refractivity contribution in [3.63, 3.8) is 0 Å². The van der Waals surface area contributed by atoms with Crippen LogP contribution < -0.4 is 0 Å². The second kappa shape index (κ2) is 2.85. The number of hydrogen-bond donors (Lipinski definition) is 2. The van der Waals surface area contributed by atoms with Crippen molar-refractivity contribution in [1.29, 1.82) is 0 Å². The number of aliphatic carboxylic acids is 1. The molecular weight excluding hydrogens is 119 g/mol. The summed E-state index contributed by atoms with van der Waals surface area (Å²) in [5.41, 5.74) is 0. The Morgan fingerprint density at radius 2 is 2.43 bits per heavy atom. The molecule has 1 N–H and O–H groups in total. The molecule has 0 aromatic heterocycles. The largest absolute Gasteiger partial charge is 0.479 e. The first kappa shape index (κ1) is 6.75. The molecule has 1 atom stereocenters. The summed E-state index contributed by atoms with van der Waals surface area (Å²) in [6.07, 6.45) is -1.82. The SMILES string of the molecule is O=C(O)C(F)CS. The van der Waals surface area contributed by atoms with Gasteiger partial charge in [-0.2, -0.15) is 12.6 Å². The van der Waals surface area contributed by atoms with Crippen molar-refractivity contribution in [3.05, 3.63) is 0 Å². The molecule has 0 bridgehead atoms. The third kappa shape index (κ3) is 2.45. The normalized spacial score (nSPS) is 13.4. The lowest BCUT2D eigenvalue weighted by molar-refractivity contribution is -0.141. The van der Waals surface area contributed by atoms with E-state index >= 15 is 0 Å². The Kier molecular flexibility index (Phi) is 2.75. The molecule has 0 aliphatic heterocycles. The van der Waals surface area contributed by atoms with Crippen LogP contribution in [0.1, 0.15) is 0 Å². The van der Waals surface area contributed by atoms with Crippen molar-refractivity contribution < 1.29 is 14.3 Å². The lowest BCUT2D eigenvalue weighted by Gasteiger charge is -1.91. The Balaban J connectivity index is 3.34. The molecule has 0 spiro atoms. The predicted molar refractivity (Wildman–Crippen MR) is 26.4 cm³/mol. The summed E-state index contributed by atoms with van der Waals surface area (Å²) in [5.74, 6) is -1.70. The molecule has 0 fully saturated rings. The first-order valence-electron chi connectivity index (χ1n) is 1.66. The molecule has 0 radical (unpaired) electrons. The Morgan fingerprint density at radius 3 is 2.43 bits per heavy atom. The van der Waals surface area contributed by atoms with Crippen LogP contribution in [0, 0.1) is 0 Å². The number of alkyl halides is 1. The molecule has 0 aliphatic rings. The summed E-state index contributed by atoms with van der Waals surface area (Å²) in [5, 5.41) is 7.76. The molecule has 0 heterocycles. The molecule has 4 heteroatoms. The van der Waals surface area contributed by atoms with E-state index in [4.69, 9.17) is 5.11 Å². The Bertz CT molecular complexity index is 75.3. The van der Waals surface area contributed by atoms with E-state index in [9.17, 15) is 9.18 Å². The van der Waals surface area contributed by atoms with Gasteiger partial charge in [-0.15, -0.1) is 0 Å². The second-order valence-corrected chi connectivity index (χ2v) is 1.35. The number of carboxylic acids is 1. The van der Waals surface area contributed by atoms with Crippen LogP contribution >= 0.6 is 12.6 Å². The van der Waals surface area contributed by atoms with Gasteiger partial charge >= 0.3 is 5.97 Å². The van der Waals surface area contributed by atoms with Gasteiger partial charge in [0.2, 0.25) is 6.17 Å². The van der Waals surface area contributed by atoms with Crippen LogP contribution in [-0.2, 0) is 4.79 Å². The molecule has 0 amide bonds. The van der Waals surface area contributed by atoms with Gasteiger partial charge in [0.1, 0.15) is 0 Å². The van der Waals surface area contributed by atoms with Gasteiger partial charge in [-0.05, 0) is 0 Å². The van der Waals surface area contributed by atoms with Gasteiger partial charge < -0.3 is 5.11 Å². The quantitative estimate of drug-likeness (QED) is 0.521. The van der Waals surface area contributed by atoms with Gasteiger partial charge in [0.05, 0.1) is 0 Å². The minimum absolute atomic E-state index is 0.255. The molecule has 0 saturated carbocycles. The maximum absolute atomic E-state index is 11.6. The van der Waals surface area contributed by atoms with E-state index in [2.05, 4.69) is 12.6 Å². The predicted octanol–water partition coefficient (Wildman–Crippen LogP) is 0.339. The third-order valence-corrected chi connectivity index (χ3v) is 0.749. The summed E-state index contributed by atoms with van der Waals surface area (Å²) in [7, 11) is 0. The van der Waals surface area contributed by atoms with Gasteiger partial charge in [-0.25, -0.2) is 9.18 Å². The van der Waals surface area contributed by atoms with E-state index in [1.165, 1.54) is 0 Å². The van der Waals surface area contributed by atoms with E-state index in [-0.39, 0.29) is 5.75 Å². The first-order chi connectivity index (χ1) is 3.18. The highest BCUT2D eigenvalue weighted by molar-refractivity contribution is 7.80. The Morgan fingerprint density at radius 1 is 2.00 bits per heavy atom. The van der Waals surface area contributed by atoms with Gasteiger partial charge in [0, 0.05) is 5.75 Å². The van der Waals surface area contributed by atoms with Crippen LogP contribution in [0.5, 0.6) is 0 Å². The fourth-order valence-electron chi connectivity index (χ4n) is 0.0781. The molecular formula is C3H5FO2S. The molecule has 0 aromatic rings. The fourth-order valence-corrected chi connectivity index (χ4v) is 0.234. The number of carbonyl (C=O) groups is 1. The number of rotatable bonds is 2. The van der Waals surface area contributed by atoms with Crippen LogP contribution in [0.3, 0.4) is 0 Å². The van der Waals surface area contributed by atoms with Crippen molar-refractivity contribution >= 4 is 18.6 Å². The second-order valence-electron chi connectivity index (χ2n) is 0.988. The Hall–Kier alpha value is -0.250. The molecule has 7 heavy (non-hydrogen) atoms. The van der Waals surface area contributed by atoms with Crippen molar-refractivity contribution in [2.75, 3.05) is 5.75 Å². The molecule has 2 nitrogen and oxygen atoms in total. The van der Waals surface area contributed by atoms with E-state index < -0.39 is 12.1 Å². The van der Waals surface area contributed by atoms with Gasteiger partial charge in [-0.3, -0.25) is 0 Å². The lowest BCUT2D eigenvalue weighted by Crippen LogP contribution is -2.15. The number of hydrogen-bond acceptors (Lipinski definition) is 2. The highest BCUT2D eigenvalue weighted by Crippen LogP contribution is 1.91. The minimum Gasteiger partial charge on any atom is -0.479 e. The zero-order valence-corrected chi connectivity index (χ0v) is 4.36. The topological polar surface area (TPSA) is 37.3 Å². The monoisotopic (exact) mass is 124 g/mol. The summed E-state index contributed by atoms with van der Waals surface area (Å²) in [6.45, 7) is 0.